The van der Waals surface area contributed by atoms with Crippen LogP contribution in [0.25, 0.3) is 21.9 Å². The van der Waals surface area contributed by atoms with Gasteiger partial charge in [-0.15, -0.1) is 0 Å². The molecule has 0 amide bonds. The molecule has 0 unspecified atom stereocenters. The highest BCUT2D eigenvalue weighted by Crippen LogP contribution is 2.25. The number of aryl methyl sites for hydroxylation is 1. The molecule has 4 aromatic rings. The molecule has 4 rings (SSSR count). The smallest absolute Gasteiger partial charge is 0.0595 e. The van der Waals surface area contributed by atoms with E-state index in [1.165, 1.54) is 5.39 Å². The van der Waals surface area contributed by atoms with Gasteiger partial charge < -0.3 is 5.73 Å². The van der Waals surface area contributed by atoms with E-state index in [0.29, 0.717) is 10.0 Å². The fourth-order valence-corrected chi connectivity index (χ4v) is 3.59. The minimum absolute atomic E-state index is 0.0260. The summed E-state index contributed by atoms with van der Waals surface area (Å²) in [5.41, 5.74) is 9.63. The molecule has 28 heavy (non-hydrogen) atoms. The SMILES string of the molecule is N[C@H](CCn1cc(-c2ccc3cnccc3c2)cn1)Cc1ccc(Cl)c(Cl)c1. The van der Waals surface area contributed by atoms with Crippen molar-refractivity contribution in [3.8, 4) is 11.1 Å². The Morgan fingerprint density at radius 2 is 1.82 bits per heavy atom. The molecule has 4 nitrogen and oxygen atoms in total. The number of rotatable bonds is 6. The summed E-state index contributed by atoms with van der Waals surface area (Å²) in [5, 5.41) is 7.92. The molecule has 2 aromatic heterocycles. The number of nitrogens with zero attached hydrogens (tertiary/aromatic N) is 3. The lowest BCUT2D eigenvalue weighted by Gasteiger charge is -2.12. The van der Waals surface area contributed by atoms with Crippen molar-refractivity contribution in [2.75, 3.05) is 0 Å². The Bertz CT molecular complexity index is 1110. The standard InChI is InChI=1S/C22H20Cl2N4/c23-21-4-1-15(10-22(21)24)9-20(25)6-8-28-14-19(13-27-28)16-2-3-18-12-26-7-5-17(18)11-16/h1-5,7,10-14,20H,6,8-9,25H2/t20-/m1/s1. The van der Waals surface area contributed by atoms with Crippen molar-refractivity contribution < 1.29 is 0 Å². The second kappa shape index (κ2) is 8.31. The minimum Gasteiger partial charge on any atom is -0.327 e. The third-order valence-corrected chi connectivity index (χ3v) is 5.56. The summed E-state index contributed by atoms with van der Waals surface area (Å²) >= 11 is 12.0. The quantitative estimate of drug-likeness (QED) is 0.464. The molecule has 0 aliphatic heterocycles. The number of nitrogens with two attached hydrogens (primary N) is 1. The maximum Gasteiger partial charge on any atom is 0.0595 e. The Hall–Kier alpha value is -2.40. The maximum absolute atomic E-state index is 6.30. The third kappa shape index (κ3) is 4.36. The Morgan fingerprint density at radius 3 is 2.68 bits per heavy atom. The van der Waals surface area contributed by atoms with Crippen LogP contribution in [0.5, 0.6) is 0 Å². The predicted octanol–water partition coefficient (Wildman–Crippen LogP) is 5.37. The van der Waals surface area contributed by atoms with E-state index in [2.05, 4.69) is 34.5 Å². The van der Waals surface area contributed by atoms with Crippen LogP contribution < -0.4 is 5.73 Å². The molecule has 0 aliphatic rings. The van der Waals surface area contributed by atoms with Gasteiger partial charge in [0.2, 0.25) is 0 Å². The molecule has 2 N–H and O–H groups in total. The lowest BCUT2D eigenvalue weighted by Crippen LogP contribution is -2.24. The van der Waals surface area contributed by atoms with E-state index < -0.39 is 0 Å². The van der Waals surface area contributed by atoms with E-state index in [1.54, 1.807) is 0 Å². The van der Waals surface area contributed by atoms with E-state index in [0.717, 1.165) is 41.5 Å². The van der Waals surface area contributed by atoms with Gasteiger partial charge in [-0.25, -0.2) is 0 Å². The normalized spacial score (nSPS) is 12.4. The zero-order valence-electron chi connectivity index (χ0n) is 15.2. The Balaban J connectivity index is 1.39. The molecule has 0 saturated heterocycles. The van der Waals surface area contributed by atoms with Crippen LogP contribution in [-0.2, 0) is 13.0 Å². The molecule has 0 aliphatic carbocycles. The number of fused-ring (bicyclic) bond motifs is 1. The van der Waals surface area contributed by atoms with Gasteiger partial charge >= 0.3 is 0 Å². The van der Waals surface area contributed by atoms with E-state index in [1.807, 2.05) is 47.5 Å². The number of aromatic nitrogens is 3. The number of pyridine rings is 1. The summed E-state index contributed by atoms with van der Waals surface area (Å²) in [6, 6.07) is 14.0. The third-order valence-electron chi connectivity index (χ3n) is 4.82. The molecule has 1 atom stereocenters. The number of hydrogen-bond donors (Lipinski definition) is 1. The summed E-state index contributed by atoms with van der Waals surface area (Å²) in [4.78, 5) is 4.16. The van der Waals surface area contributed by atoms with E-state index in [9.17, 15) is 0 Å². The lowest BCUT2D eigenvalue weighted by atomic mass is 10.0. The monoisotopic (exact) mass is 410 g/mol. The molecule has 0 spiro atoms. The van der Waals surface area contributed by atoms with Crippen molar-refractivity contribution in [3.05, 3.63) is 82.9 Å². The Morgan fingerprint density at radius 1 is 0.929 bits per heavy atom. The van der Waals surface area contributed by atoms with Gasteiger partial charge in [-0.3, -0.25) is 9.67 Å². The predicted molar refractivity (Wildman–Crippen MR) is 116 cm³/mol. The van der Waals surface area contributed by atoms with Crippen LogP contribution >= 0.6 is 23.2 Å². The summed E-state index contributed by atoms with van der Waals surface area (Å²) < 4.78 is 1.95. The summed E-state index contributed by atoms with van der Waals surface area (Å²) in [6.45, 7) is 0.764. The molecule has 0 bridgehead atoms. The molecule has 2 aromatic carbocycles. The van der Waals surface area contributed by atoms with Crippen LogP contribution in [-0.4, -0.2) is 20.8 Å². The van der Waals surface area contributed by atoms with Crippen LogP contribution in [0.4, 0.5) is 0 Å². The summed E-state index contributed by atoms with van der Waals surface area (Å²) in [5.74, 6) is 0. The highest BCUT2D eigenvalue weighted by molar-refractivity contribution is 6.42. The average Bonchev–Trinajstić information content (AvgIpc) is 3.18. The molecular formula is C22H20Cl2N4. The van der Waals surface area contributed by atoms with Crippen molar-refractivity contribution in [1.82, 2.24) is 14.8 Å². The Kier molecular flexibility index (Phi) is 5.62. The van der Waals surface area contributed by atoms with Crippen molar-refractivity contribution in [2.24, 2.45) is 5.73 Å². The highest BCUT2D eigenvalue weighted by atomic mass is 35.5. The van der Waals surface area contributed by atoms with Gasteiger partial charge in [-0.05, 0) is 53.6 Å². The first-order chi connectivity index (χ1) is 13.6. The Labute approximate surface area is 173 Å². The molecule has 0 fully saturated rings. The van der Waals surface area contributed by atoms with Crippen LogP contribution in [0, 0.1) is 0 Å². The molecule has 142 valence electrons. The van der Waals surface area contributed by atoms with Crippen molar-refractivity contribution in [3.63, 3.8) is 0 Å². The molecule has 2 heterocycles. The second-order valence-electron chi connectivity index (χ2n) is 6.93. The number of halogens is 2. The van der Waals surface area contributed by atoms with Gasteiger partial charge in [0.1, 0.15) is 0 Å². The van der Waals surface area contributed by atoms with Gasteiger partial charge in [0.25, 0.3) is 0 Å². The molecule has 0 radical (unpaired) electrons. The average molecular weight is 411 g/mol. The van der Waals surface area contributed by atoms with Gasteiger partial charge in [0.15, 0.2) is 0 Å². The van der Waals surface area contributed by atoms with E-state index in [4.69, 9.17) is 28.9 Å². The van der Waals surface area contributed by atoms with E-state index >= 15 is 0 Å². The fraction of sp³-hybridized carbons (Fsp3) is 0.182. The fourth-order valence-electron chi connectivity index (χ4n) is 3.27. The molecule has 6 heteroatoms. The van der Waals surface area contributed by atoms with Crippen LogP contribution in [0.2, 0.25) is 10.0 Å². The number of benzene rings is 2. The first-order valence-electron chi connectivity index (χ1n) is 9.14. The summed E-state index contributed by atoms with van der Waals surface area (Å²) in [7, 11) is 0. The van der Waals surface area contributed by atoms with Crippen LogP contribution in [0.3, 0.4) is 0 Å². The van der Waals surface area contributed by atoms with Crippen molar-refractivity contribution in [2.45, 2.75) is 25.4 Å². The van der Waals surface area contributed by atoms with Gasteiger partial charge in [0, 0.05) is 42.1 Å². The maximum atomic E-state index is 6.30. The van der Waals surface area contributed by atoms with Crippen LogP contribution in [0.15, 0.2) is 67.3 Å². The number of hydrogen-bond acceptors (Lipinski definition) is 3. The molecular weight excluding hydrogens is 391 g/mol. The second-order valence-corrected chi connectivity index (χ2v) is 7.75. The van der Waals surface area contributed by atoms with E-state index in [-0.39, 0.29) is 6.04 Å². The topological polar surface area (TPSA) is 56.7 Å². The molecule has 0 saturated carbocycles. The first kappa shape index (κ1) is 18.9. The minimum atomic E-state index is 0.0260. The van der Waals surface area contributed by atoms with Gasteiger partial charge in [0.05, 0.1) is 16.2 Å². The highest BCUT2D eigenvalue weighted by Gasteiger charge is 2.08. The zero-order valence-corrected chi connectivity index (χ0v) is 16.7. The van der Waals surface area contributed by atoms with Crippen molar-refractivity contribution in [1.29, 1.82) is 0 Å². The zero-order chi connectivity index (χ0) is 19.5. The lowest BCUT2D eigenvalue weighted by molar-refractivity contribution is 0.507. The van der Waals surface area contributed by atoms with Gasteiger partial charge in [-0.1, -0.05) is 41.4 Å². The van der Waals surface area contributed by atoms with Gasteiger partial charge in [-0.2, -0.15) is 5.10 Å². The largest absolute Gasteiger partial charge is 0.327 e. The summed E-state index contributed by atoms with van der Waals surface area (Å²) in [6.07, 6.45) is 9.22. The van der Waals surface area contributed by atoms with Crippen LogP contribution in [0.1, 0.15) is 12.0 Å². The van der Waals surface area contributed by atoms with Crippen molar-refractivity contribution >= 4 is 34.0 Å². The first-order valence-corrected chi connectivity index (χ1v) is 9.90.